The average Bonchev–Trinajstić information content (AvgIpc) is 2.25. The molecule has 96 valence electrons. The molecule has 1 rings (SSSR count). The SMILES string of the molecule is CCCNc1cc(SC(C)C(C)O)nc(C)n1. The number of aryl methyl sites for hydroxylation is 1. The summed E-state index contributed by atoms with van der Waals surface area (Å²) < 4.78 is 0. The minimum Gasteiger partial charge on any atom is -0.392 e. The maximum atomic E-state index is 9.48. The van der Waals surface area contributed by atoms with Crippen molar-refractivity contribution in [2.75, 3.05) is 11.9 Å². The van der Waals surface area contributed by atoms with Gasteiger partial charge in [-0.3, -0.25) is 0 Å². The first-order valence-electron chi connectivity index (χ1n) is 5.97. The van der Waals surface area contributed by atoms with E-state index in [1.807, 2.05) is 19.9 Å². The lowest BCUT2D eigenvalue weighted by molar-refractivity contribution is 0.196. The van der Waals surface area contributed by atoms with Crippen molar-refractivity contribution in [3.05, 3.63) is 11.9 Å². The smallest absolute Gasteiger partial charge is 0.130 e. The number of hydrogen-bond acceptors (Lipinski definition) is 5. The van der Waals surface area contributed by atoms with E-state index in [-0.39, 0.29) is 11.4 Å². The Labute approximate surface area is 107 Å². The highest BCUT2D eigenvalue weighted by Gasteiger charge is 2.12. The third kappa shape index (κ3) is 4.91. The molecule has 5 heteroatoms. The molecule has 0 aliphatic carbocycles. The summed E-state index contributed by atoms with van der Waals surface area (Å²) in [5.74, 6) is 1.62. The zero-order chi connectivity index (χ0) is 12.8. The summed E-state index contributed by atoms with van der Waals surface area (Å²) in [6.07, 6.45) is 0.720. The van der Waals surface area contributed by atoms with E-state index in [1.165, 1.54) is 0 Å². The molecule has 2 unspecified atom stereocenters. The minimum atomic E-state index is -0.345. The largest absolute Gasteiger partial charge is 0.392 e. The number of nitrogens with zero attached hydrogens (tertiary/aromatic N) is 2. The van der Waals surface area contributed by atoms with Gasteiger partial charge < -0.3 is 10.4 Å². The van der Waals surface area contributed by atoms with E-state index < -0.39 is 0 Å². The second-order valence-corrected chi connectivity index (χ2v) is 5.53. The molecule has 0 aliphatic heterocycles. The number of thioether (sulfide) groups is 1. The standard InChI is InChI=1S/C12H21N3OS/c1-5-6-13-11-7-12(15-10(4)14-11)17-9(3)8(2)16/h7-9,16H,5-6H2,1-4H3,(H,13,14,15). The van der Waals surface area contributed by atoms with Crippen molar-refractivity contribution in [3.63, 3.8) is 0 Å². The van der Waals surface area contributed by atoms with Crippen LogP contribution in [0.4, 0.5) is 5.82 Å². The summed E-state index contributed by atoms with van der Waals surface area (Å²) >= 11 is 1.57. The lowest BCUT2D eigenvalue weighted by Crippen LogP contribution is -2.15. The van der Waals surface area contributed by atoms with Gasteiger partial charge in [-0.25, -0.2) is 9.97 Å². The molecule has 0 saturated carbocycles. The number of aromatic nitrogens is 2. The van der Waals surface area contributed by atoms with Crippen LogP contribution in [0.2, 0.25) is 0 Å². The van der Waals surface area contributed by atoms with Crippen LogP contribution in [0.5, 0.6) is 0 Å². The molecule has 0 radical (unpaired) electrons. The molecule has 0 saturated heterocycles. The van der Waals surface area contributed by atoms with Gasteiger partial charge in [-0.05, 0) is 20.3 Å². The topological polar surface area (TPSA) is 58.0 Å². The summed E-state index contributed by atoms with van der Waals surface area (Å²) in [6.45, 7) is 8.70. The fourth-order valence-corrected chi connectivity index (χ4v) is 2.18. The molecule has 17 heavy (non-hydrogen) atoms. The van der Waals surface area contributed by atoms with Gasteiger partial charge in [0.1, 0.15) is 16.7 Å². The van der Waals surface area contributed by atoms with Crippen molar-refractivity contribution < 1.29 is 5.11 Å². The molecule has 1 aromatic rings. The fraction of sp³-hybridized carbons (Fsp3) is 0.667. The van der Waals surface area contributed by atoms with Gasteiger partial charge in [0.05, 0.1) is 6.10 Å². The monoisotopic (exact) mass is 255 g/mol. The molecule has 0 bridgehead atoms. The van der Waals surface area contributed by atoms with Gasteiger partial charge in [0.25, 0.3) is 0 Å². The molecule has 0 spiro atoms. The van der Waals surface area contributed by atoms with Gasteiger partial charge in [-0.1, -0.05) is 13.8 Å². The lowest BCUT2D eigenvalue weighted by Gasteiger charge is -2.14. The molecule has 1 heterocycles. The second kappa shape index (κ2) is 6.81. The fourth-order valence-electron chi connectivity index (χ4n) is 1.23. The number of aliphatic hydroxyl groups is 1. The first-order valence-corrected chi connectivity index (χ1v) is 6.85. The Hall–Kier alpha value is -0.810. The summed E-state index contributed by atoms with van der Waals surface area (Å²) in [7, 11) is 0. The Balaban J connectivity index is 2.74. The van der Waals surface area contributed by atoms with Crippen LogP contribution in [-0.4, -0.2) is 33.0 Å². The van der Waals surface area contributed by atoms with Gasteiger partial charge in [-0.2, -0.15) is 0 Å². The van der Waals surface area contributed by atoms with E-state index in [0.717, 1.165) is 29.6 Å². The third-order valence-electron chi connectivity index (χ3n) is 2.36. The predicted molar refractivity (Wildman–Crippen MR) is 72.5 cm³/mol. The molecule has 0 aromatic carbocycles. The van der Waals surface area contributed by atoms with Gasteiger partial charge >= 0.3 is 0 Å². The molecule has 4 nitrogen and oxygen atoms in total. The van der Waals surface area contributed by atoms with Crippen molar-refractivity contribution in [3.8, 4) is 0 Å². The number of nitrogens with one attached hydrogen (secondary N) is 1. The summed E-state index contributed by atoms with van der Waals surface area (Å²) in [4.78, 5) is 8.69. The minimum absolute atomic E-state index is 0.128. The average molecular weight is 255 g/mol. The zero-order valence-electron chi connectivity index (χ0n) is 10.9. The first kappa shape index (κ1) is 14.3. The number of rotatable bonds is 6. The van der Waals surface area contributed by atoms with Crippen molar-refractivity contribution in [1.29, 1.82) is 0 Å². The highest BCUT2D eigenvalue weighted by atomic mass is 32.2. The lowest BCUT2D eigenvalue weighted by atomic mass is 10.3. The highest BCUT2D eigenvalue weighted by Crippen LogP contribution is 2.25. The molecule has 0 aliphatic rings. The van der Waals surface area contributed by atoms with E-state index in [2.05, 4.69) is 22.2 Å². The first-order chi connectivity index (χ1) is 8.02. The maximum absolute atomic E-state index is 9.48. The summed E-state index contributed by atoms with van der Waals surface area (Å²) in [5.41, 5.74) is 0. The van der Waals surface area contributed by atoms with Gasteiger partial charge in [0, 0.05) is 17.9 Å². The molecule has 0 fully saturated rings. The van der Waals surface area contributed by atoms with Crippen LogP contribution in [0, 0.1) is 6.92 Å². The van der Waals surface area contributed by atoms with Crippen LogP contribution in [0.3, 0.4) is 0 Å². The van der Waals surface area contributed by atoms with Gasteiger partial charge in [0.2, 0.25) is 0 Å². The Morgan fingerprint density at radius 3 is 2.71 bits per heavy atom. The normalized spacial score (nSPS) is 14.4. The zero-order valence-corrected chi connectivity index (χ0v) is 11.7. The van der Waals surface area contributed by atoms with Crippen LogP contribution in [0.1, 0.15) is 33.0 Å². The molecule has 1 aromatic heterocycles. The van der Waals surface area contributed by atoms with Crippen LogP contribution in [0.15, 0.2) is 11.1 Å². The summed E-state index contributed by atoms with van der Waals surface area (Å²) in [5, 5.41) is 13.8. The number of aliphatic hydroxyl groups excluding tert-OH is 1. The predicted octanol–water partition coefficient (Wildman–Crippen LogP) is 2.47. The number of anilines is 1. The van der Waals surface area contributed by atoms with Crippen LogP contribution < -0.4 is 5.32 Å². The Kier molecular flexibility index (Phi) is 5.71. The van der Waals surface area contributed by atoms with Crippen molar-refractivity contribution in [1.82, 2.24) is 9.97 Å². The van der Waals surface area contributed by atoms with Gasteiger partial charge in [0.15, 0.2) is 0 Å². The van der Waals surface area contributed by atoms with Crippen LogP contribution >= 0.6 is 11.8 Å². The summed E-state index contributed by atoms with van der Waals surface area (Å²) in [6, 6.07) is 1.94. The highest BCUT2D eigenvalue weighted by molar-refractivity contribution is 7.99. The Morgan fingerprint density at radius 2 is 2.12 bits per heavy atom. The van der Waals surface area contributed by atoms with E-state index in [0.29, 0.717) is 0 Å². The maximum Gasteiger partial charge on any atom is 0.130 e. The van der Waals surface area contributed by atoms with E-state index in [1.54, 1.807) is 18.7 Å². The molecule has 0 amide bonds. The molecule has 2 atom stereocenters. The van der Waals surface area contributed by atoms with E-state index >= 15 is 0 Å². The van der Waals surface area contributed by atoms with Crippen molar-refractivity contribution in [2.24, 2.45) is 0 Å². The Morgan fingerprint density at radius 1 is 1.41 bits per heavy atom. The van der Waals surface area contributed by atoms with E-state index in [4.69, 9.17) is 0 Å². The molecule has 2 N–H and O–H groups in total. The molecular weight excluding hydrogens is 234 g/mol. The van der Waals surface area contributed by atoms with Crippen molar-refractivity contribution in [2.45, 2.75) is 50.5 Å². The van der Waals surface area contributed by atoms with E-state index in [9.17, 15) is 5.11 Å². The van der Waals surface area contributed by atoms with Crippen LogP contribution in [0.25, 0.3) is 0 Å². The molecular formula is C12H21N3OS. The number of hydrogen-bond donors (Lipinski definition) is 2. The van der Waals surface area contributed by atoms with Crippen molar-refractivity contribution >= 4 is 17.6 Å². The Bertz CT molecular complexity index is 358. The van der Waals surface area contributed by atoms with Gasteiger partial charge in [-0.15, -0.1) is 11.8 Å². The third-order valence-corrected chi connectivity index (χ3v) is 3.57. The van der Waals surface area contributed by atoms with Crippen LogP contribution in [-0.2, 0) is 0 Å². The quantitative estimate of drug-likeness (QED) is 0.604. The second-order valence-electron chi connectivity index (χ2n) is 4.13.